The van der Waals surface area contributed by atoms with E-state index < -0.39 is 0 Å². The number of aromatic amines is 1. The fraction of sp³-hybridized carbons (Fsp3) is 0.286. The Balaban J connectivity index is 1.87. The maximum absolute atomic E-state index is 5.29. The molecule has 3 heterocycles. The van der Waals surface area contributed by atoms with Crippen LogP contribution in [0.2, 0.25) is 0 Å². The number of fused-ring (bicyclic) bond motifs is 1. The summed E-state index contributed by atoms with van der Waals surface area (Å²) in [7, 11) is 3.61. The third-order valence-corrected chi connectivity index (χ3v) is 3.28. The molecule has 0 aliphatic rings. The van der Waals surface area contributed by atoms with E-state index in [-0.39, 0.29) is 6.04 Å². The molecule has 0 aliphatic carbocycles. The highest BCUT2D eigenvalue weighted by Crippen LogP contribution is 2.20. The number of hydrogen-bond acceptors (Lipinski definition) is 4. The van der Waals surface area contributed by atoms with Crippen LogP contribution in [0.15, 0.2) is 36.7 Å². The molecule has 0 aliphatic heterocycles. The molecule has 0 saturated heterocycles. The Kier molecular flexibility index (Phi) is 3.39. The third-order valence-electron chi connectivity index (χ3n) is 3.28. The molecule has 0 spiro atoms. The fourth-order valence-corrected chi connectivity index (χ4v) is 2.28. The van der Waals surface area contributed by atoms with E-state index in [1.165, 1.54) is 0 Å². The number of ether oxygens (including phenoxy) is 1. The Morgan fingerprint density at radius 2 is 2.25 bits per heavy atom. The summed E-state index contributed by atoms with van der Waals surface area (Å²) < 4.78 is 7.13. The van der Waals surface area contributed by atoms with Crippen molar-refractivity contribution in [3.63, 3.8) is 0 Å². The van der Waals surface area contributed by atoms with Gasteiger partial charge < -0.3 is 15.0 Å². The number of hydrogen-bond donors (Lipinski definition) is 2. The maximum atomic E-state index is 5.29. The molecular formula is C14H17N5O. The van der Waals surface area contributed by atoms with Crippen molar-refractivity contribution in [1.29, 1.82) is 0 Å². The molecule has 0 fully saturated rings. The van der Waals surface area contributed by atoms with Crippen LogP contribution in [-0.2, 0) is 11.8 Å². The lowest BCUT2D eigenvalue weighted by Crippen LogP contribution is -2.20. The van der Waals surface area contributed by atoms with Gasteiger partial charge in [-0.15, -0.1) is 0 Å². The van der Waals surface area contributed by atoms with Crippen LogP contribution in [0.25, 0.3) is 11.0 Å². The fourth-order valence-electron chi connectivity index (χ4n) is 2.28. The van der Waals surface area contributed by atoms with Crippen molar-refractivity contribution in [3.05, 3.63) is 42.4 Å². The quantitative estimate of drug-likeness (QED) is 0.745. The zero-order valence-corrected chi connectivity index (χ0v) is 11.5. The van der Waals surface area contributed by atoms with Crippen LogP contribution in [0.4, 0.5) is 5.82 Å². The zero-order valence-electron chi connectivity index (χ0n) is 11.5. The van der Waals surface area contributed by atoms with Crippen LogP contribution >= 0.6 is 0 Å². The van der Waals surface area contributed by atoms with Crippen molar-refractivity contribution in [2.75, 3.05) is 19.0 Å². The standard InChI is InChI=1S/C14H17N5O/c1-19-12(6-8-16-19)11(9-20-2)17-13-4-3-10-5-7-15-14(10)18-13/h3-8,11H,9H2,1-2H3,(H2,15,17,18)/t11-/m0/s1. The van der Waals surface area contributed by atoms with Crippen LogP contribution in [0.1, 0.15) is 11.7 Å². The molecule has 1 atom stereocenters. The van der Waals surface area contributed by atoms with Gasteiger partial charge in [-0.2, -0.15) is 5.10 Å². The smallest absolute Gasteiger partial charge is 0.139 e. The minimum Gasteiger partial charge on any atom is -0.382 e. The van der Waals surface area contributed by atoms with E-state index >= 15 is 0 Å². The molecular weight excluding hydrogens is 254 g/mol. The van der Waals surface area contributed by atoms with Gasteiger partial charge >= 0.3 is 0 Å². The van der Waals surface area contributed by atoms with Gasteiger partial charge in [0, 0.05) is 31.9 Å². The van der Waals surface area contributed by atoms with E-state index in [2.05, 4.69) is 20.4 Å². The van der Waals surface area contributed by atoms with Gasteiger partial charge in [0.05, 0.1) is 18.3 Å². The van der Waals surface area contributed by atoms with Crippen molar-refractivity contribution in [1.82, 2.24) is 19.7 Å². The van der Waals surface area contributed by atoms with Gasteiger partial charge in [0.15, 0.2) is 0 Å². The Morgan fingerprint density at radius 1 is 1.35 bits per heavy atom. The normalized spacial score (nSPS) is 12.7. The predicted molar refractivity (Wildman–Crippen MR) is 77.5 cm³/mol. The van der Waals surface area contributed by atoms with Gasteiger partial charge in [-0.05, 0) is 24.3 Å². The predicted octanol–water partition coefficient (Wildman–Crippen LogP) is 2.10. The molecule has 0 aromatic carbocycles. The molecule has 2 N–H and O–H groups in total. The highest BCUT2D eigenvalue weighted by Gasteiger charge is 2.15. The number of anilines is 1. The molecule has 3 rings (SSSR count). The van der Waals surface area contributed by atoms with Gasteiger partial charge in [0.2, 0.25) is 0 Å². The Bertz CT molecular complexity index is 702. The summed E-state index contributed by atoms with van der Waals surface area (Å²) in [5.74, 6) is 0.809. The molecule has 6 heteroatoms. The molecule has 0 amide bonds. The molecule has 0 unspecified atom stereocenters. The number of aryl methyl sites for hydroxylation is 1. The van der Waals surface area contributed by atoms with Crippen molar-refractivity contribution in [2.24, 2.45) is 7.05 Å². The second kappa shape index (κ2) is 5.34. The average Bonchev–Trinajstić information content (AvgIpc) is 3.06. The summed E-state index contributed by atoms with van der Waals surface area (Å²) in [6.45, 7) is 0.546. The number of H-pyrrole nitrogens is 1. The maximum Gasteiger partial charge on any atom is 0.139 e. The van der Waals surface area contributed by atoms with Crippen LogP contribution in [0.3, 0.4) is 0 Å². The first-order chi connectivity index (χ1) is 9.78. The number of methoxy groups -OCH3 is 1. The Morgan fingerprint density at radius 3 is 3.00 bits per heavy atom. The molecule has 3 aromatic rings. The number of nitrogens with zero attached hydrogens (tertiary/aromatic N) is 3. The summed E-state index contributed by atoms with van der Waals surface area (Å²) in [5.41, 5.74) is 1.93. The van der Waals surface area contributed by atoms with Crippen molar-refractivity contribution < 1.29 is 4.74 Å². The zero-order chi connectivity index (χ0) is 13.9. The lowest BCUT2D eigenvalue weighted by Gasteiger charge is -2.18. The largest absolute Gasteiger partial charge is 0.382 e. The Labute approximate surface area is 116 Å². The van der Waals surface area contributed by atoms with Gasteiger partial charge in [0.1, 0.15) is 11.5 Å². The summed E-state index contributed by atoms with van der Waals surface area (Å²) in [4.78, 5) is 7.66. The van der Waals surface area contributed by atoms with E-state index in [9.17, 15) is 0 Å². The molecule has 6 nitrogen and oxygen atoms in total. The lowest BCUT2D eigenvalue weighted by atomic mass is 10.2. The monoisotopic (exact) mass is 271 g/mol. The molecule has 0 bridgehead atoms. The minimum absolute atomic E-state index is 0.00686. The molecule has 3 aromatic heterocycles. The highest BCUT2D eigenvalue weighted by atomic mass is 16.5. The molecule has 104 valence electrons. The van der Waals surface area contributed by atoms with Crippen LogP contribution < -0.4 is 5.32 Å². The molecule has 0 radical (unpaired) electrons. The first-order valence-electron chi connectivity index (χ1n) is 6.45. The van der Waals surface area contributed by atoms with Crippen LogP contribution in [0.5, 0.6) is 0 Å². The number of rotatable bonds is 5. The van der Waals surface area contributed by atoms with E-state index in [1.54, 1.807) is 13.3 Å². The summed E-state index contributed by atoms with van der Waals surface area (Å²) in [6, 6.07) is 7.99. The van der Waals surface area contributed by atoms with E-state index in [0.717, 1.165) is 22.5 Å². The minimum atomic E-state index is 0.00686. The molecule has 0 saturated carbocycles. The topological polar surface area (TPSA) is 67.8 Å². The third kappa shape index (κ3) is 2.37. The molecule has 20 heavy (non-hydrogen) atoms. The number of pyridine rings is 1. The second-order valence-corrected chi connectivity index (χ2v) is 4.64. The van der Waals surface area contributed by atoms with E-state index in [0.29, 0.717) is 6.61 Å². The second-order valence-electron chi connectivity index (χ2n) is 4.64. The van der Waals surface area contributed by atoms with Gasteiger partial charge in [0.25, 0.3) is 0 Å². The number of nitrogens with one attached hydrogen (secondary N) is 2. The SMILES string of the molecule is COC[C@H](Nc1ccc2cc[nH]c2n1)c1ccnn1C. The van der Waals surface area contributed by atoms with Crippen molar-refractivity contribution in [3.8, 4) is 0 Å². The van der Waals surface area contributed by atoms with Crippen molar-refractivity contribution >= 4 is 16.9 Å². The summed E-state index contributed by atoms with van der Waals surface area (Å²) >= 11 is 0. The first-order valence-corrected chi connectivity index (χ1v) is 6.45. The van der Waals surface area contributed by atoms with Gasteiger partial charge in [-0.3, -0.25) is 4.68 Å². The summed E-state index contributed by atoms with van der Waals surface area (Å²) in [6.07, 6.45) is 3.66. The summed E-state index contributed by atoms with van der Waals surface area (Å²) in [5, 5.41) is 8.68. The first kappa shape index (κ1) is 12.7. The highest BCUT2D eigenvalue weighted by molar-refractivity contribution is 5.77. The van der Waals surface area contributed by atoms with Gasteiger partial charge in [-0.1, -0.05) is 0 Å². The average molecular weight is 271 g/mol. The van der Waals surface area contributed by atoms with E-state index in [4.69, 9.17) is 4.74 Å². The lowest BCUT2D eigenvalue weighted by molar-refractivity contribution is 0.184. The van der Waals surface area contributed by atoms with E-state index in [1.807, 2.05) is 42.2 Å². The van der Waals surface area contributed by atoms with Crippen LogP contribution in [-0.4, -0.2) is 33.5 Å². The Hall–Kier alpha value is -2.34. The van der Waals surface area contributed by atoms with Crippen LogP contribution in [0, 0.1) is 0 Å². The van der Waals surface area contributed by atoms with Gasteiger partial charge in [-0.25, -0.2) is 4.98 Å². The number of aromatic nitrogens is 4. The van der Waals surface area contributed by atoms with Crippen molar-refractivity contribution in [2.45, 2.75) is 6.04 Å².